The molecule has 4 fully saturated rings. The summed E-state index contributed by atoms with van der Waals surface area (Å²) in [5.41, 5.74) is 1.28. The molecule has 11 heteroatoms. The van der Waals surface area contributed by atoms with Crippen LogP contribution in [0.15, 0.2) is 12.1 Å². The number of carbonyl (C=O) groups excluding carboxylic acids is 2. The van der Waals surface area contributed by atoms with Crippen molar-refractivity contribution in [1.29, 1.82) is 0 Å². The van der Waals surface area contributed by atoms with Crippen LogP contribution in [-0.4, -0.2) is 94.5 Å². The molecule has 3 saturated heterocycles. The van der Waals surface area contributed by atoms with Crippen molar-refractivity contribution in [3.63, 3.8) is 0 Å². The number of imidazole rings is 1. The van der Waals surface area contributed by atoms with Crippen LogP contribution < -0.4 is 15.4 Å². The molecule has 6 rings (SSSR count). The lowest BCUT2D eigenvalue weighted by molar-refractivity contribution is 0.0394. The summed E-state index contributed by atoms with van der Waals surface area (Å²) in [5, 5.41) is 6.47. The number of nitrogens with one attached hydrogen (secondary N) is 2. The van der Waals surface area contributed by atoms with Gasteiger partial charge < -0.3 is 29.6 Å². The quantitative estimate of drug-likeness (QED) is 0.580. The van der Waals surface area contributed by atoms with Crippen LogP contribution in [0.1, 0.15) is 75.1 Å². The van der Waals surface area contributed by atoms with E-state index in [1.54, 1.807) is 40.0 Å². The molecular weight excluding hydrogens is 527 g/mol. The summed E-state index contributed by atoms with van der Waals surface area (Å²) in [5.74, 6) is 1.92. The van der Waals surface area contributed by atoms with Gasteiger partial charge in [-0.3, -0.25) is 9.69 Å². The molecule has 0 spiro atoms. The van der Waals surface area contributed by atoms with Crippen LogP contribution >= 0.6 is 0 Å². The van der Waals surface area contributed by atoms with Gasteiger partial charge >= 0.3 is 6.09 Å². The number of methoxy groups -OCH3 is 1. The van der Waals surface area contributed by atoms with Gasteiger partial charge in [0.2, 0.25) is 0 Å². The molecule has 41 heavy (non-hydrogen) atoms. The number of aromatic nitrogens is 2. The molecule has 2 N–H and O–H groups in total. The molecule has 1 aromatic heterocycles. The minimum Gasteiger partial charge on any atom is -0.494 e. The number of ether oxygens (including phenoxy) is 2. The molecule has 2 aromatic rings. The molecular formula is C30H43FN6O4. The van der Waals surface area contributed by atoms with E-state index >= 15 is 0 Å². The Morgan fingerprint density at radius 3 is 2.73 bits per heavy atom. The Balaban J connectivity index is 1.26. The molecule has 1 aromatic carbocycles. The highest BCUT2D eigenvalue weighted by molar-refractivity contribution is 5.99. The van der Waals surface area contributed by atoms with Crippen molar-refractivity contribution in [2.24, 2.45) is 13.0 Å². The second kappa shape index (κ2) is 10.7. The molecule has 0 radical (unpaired) electrons. The van der Waals surface area contributed by atoms with Crippen molar-refractivity contribution >= 4 is 23.0 Å². The van der Waals surface area contributed by atoms with Crippen molar-refractivity contribution in [1.82, 2.24) is 30.0 Å². The number of likely N-dealkylation sites (tertiary alicyclic amines) is 1. The summed E-state index contributed by atoms with van der Waals surface area (Å²) in [6.45, 7) is 7.47. The first-order valence-corrected chi connectivity index (χ1v) is 15.0. The Kier molecular flexibility index (Phi) is 7.38. The van der Waals surface area contributed by atoms with Gasteiger partial charge in [0.25, 0.3) is 5.91 Å². The zero-order valence-corrected chi connectivity index (χ0v) is 24.8. The average Bonchev–Trinajstić information content (AvgIpc) is 3.45. The van der Waals surface area contributed by atoms with Crippen molar-refractivity contribution in [2.45, 2.75) is 88.8 Å². The number of halogens is 1. The highest BCUT2D eigenvalue weighted by Gasteiger charge is 2.49. The predicted molar refractivity (Wildman–Crippen MR) is 153 cm³/mol. The third-order valence-corrected chi connectivity index (χ3v) is 9.21. The van der Waals surface area contributed by atoms with Gasteiger partial charge in [-0.05, 0) is 58.1 Å². The molecule has 224 valence electrons. The van der Waals surface area contributed by atoms with E-state index < -0.39 is 23.9 Å². The lowest BCUT2D eigenvalue weighted by Gasteiger charge is -2.44. The van der Waals surface area contributed by atoms with Crippen LogP contribution in [0.5, 0.6) is 5.75 Å². The first-order valence-electron chi connectivity index (χ1n) is 15.0. The molecule has 1 aliphatic carbocycles. The van der Waals surface area contributed by atoms with Crippen LogP contribution in [0.2, 0.25) is 0 Å². The molecule has 0 bridgehead atoms. The third-order valence-electron chi connectivity index (χ3n) is 9.21. The number of fused-ring (bicyclic) bond motifs is 1. The van der Waals surface area contributed by atoms with E-state index in [2.05, 4.69) is 20.1 Å². The van der Waals surface area contributed by atoms with Gasteiger partial charge in [0.05, 0.1) is 31.3 Å². The summed E-state index contributed by atoms with van der Waals surface area (Å²) in [6, 6.07) is 4.31. The fourth-order valence-electron chi connectivity index (χ4n) is 7.69. The minimum atomic E-state index is -1.26. The summed E-state index contributed by atoms with van der Waals surface area (Å²) < 4.78 is 28.0. The van der Waals surface area contributed by atoms with Crippen LogP contribution in [0.4, 0.5) is 9.18 Å². The SMILES string of the molecule is COc1cc(C(=O)N2C[C@H](F)C[C@@H](NC(=O)OC(C)(C)C)C2)cc2nc(C3CC4CCCC5NCCN3C45)n(C)c12. The van der Waals surface area contributed by atoms with Crippen molar-refractivity contribution < 1.29 is 23.5 Å². The predicted octanol–water partition coefficient (Wildman–Crippen LogP) is 3.55. The van der Waals surface area contributed by atoms with Crippen molar-refractivity contribution in [3.8, 4) is 5.75 Å². The van der Waals surface area contributed by atoms with E-state index in [0.717, 1.165) is 30.9 Å². The number of rotatable bonds is 4. The van der Waals surface area contributed by atoms with Crippen LogP contribution in [-0.2, 0) is 11.8 Å². The standard InChI is InChI=1S/C30H43FN6O4/c1-30(2,3)41-29(39)33-20-14-19(31)15-36(16-20)28(38)18-11-22-26(24(13-18)40-5)35(4)27(34-22)23-12-17-7-6-8-21-25(17)37(23)10-9-32-21/h11,13,17,19-21,23,25,32H,6-10,12,14-16H2,1-5H3,(H,33,39)/t17?,19-,20-,21?,23?,25?/m1/s1. The Bertz CT molecular complexity index is 1320. The van der Waals surface area contributed by atoms with E-state index in [0.29, 0.717) is 34.8 Å². The van der Waals surface area contributed by atoms with E-state index in [9.17, 15) is 14.0 Å². The number of alkyl halides is 1. The molecule has 3 aliphatic heterocycles. The van der Waals surface area contributed by atoms with Gasteiger partial charge in [-0.2, -0.15) is 0 Å². The van der Waals surface area contributed by atoms with Gasteiger partial charge in [-0.15, -0.1) is 0 Å². The van der Waals surface area contributed by atoms with Gasteiger partial charge in [-0.1, -0.05) is 6.42 Å². The lowest BCUT2D eigenvalue weighted by atomic mass is 9.80. The van der Waals surface area contributed by atoms with Crippen LogP contribution in [0.25, 0.3) is 11.0 Å². The maximum Gasteiger partial charge on any atom is 0.407 e. The number of carbonyl (C=O) groups is 2. The number of hydrogen-bond acceptors (Lipinski definition) is 7. The number of nitrogens with zero attached hydrogens (tertiary/aromatic N) is 4. The zero-order valence-electron chi connectivity index (χ0n) is 24.8. The van der Waals surface area contributed by atoms with Crippen molar-refractivity contribution in [2.75, 3.05) is 33.3 Å². The number of benzene rings is 1. The van der Waals surface area contributed by atoms with E-state index in [1.165, 1.54) is 24.2 Å². The fourth-order valence-corrected chi connectivity index (χ4v) is 7.69. The second-order valence-electron chi connectivity index (χ2n) is 13.2. The highest BCUT2D eigenvalue weighted by atomic mass is 19.1. The first kappa shape index (κ1) is 28.2. The number of piperazine rings is 1. The molecule has 4 unspecified atom stereocenters. The summed E-state index contributed by atoms with van der Waals surface area (Å²) in [6.07, 6.45) is 3.11. The monoisotopic (exact) mass is 570 g/mol. The molecule has 2 amide bonds. The Labute approximate surface area is 240 Å². The van der Waals surface area contributed by atoms with E-state index in [-0.39, 0.29) is 31.5 Å². The zero-order chi connectivity index (χ0) is 29.1. The largest absolute Gasteiger partial charge is 0.494 e. The van der Waals surface area contributed by atoms with Gasteiger partial charge in [0.15, 0.2) is 0 Å². The topological polar surface area (TPSA) is 101 Å². The fraction of sp³-hybridized carbons (Fsp3) is 0.700. The maximum atomic E-state index is 14.8. The maximum absolute atomic E-state index is 14.8. The Morgan fingerprint density at radius 2 is 1.98 bits per heavy atom. The van der Waals surface area contributed by atoms with Crippen LogP contribution in [0.3, 0.4) is 0 Å². The second-order valence-corrected chi connectivity index (χ2v) is 13.2. The number of aryl methyl sites for hydroxylation is 1. The summed E-state index contributed by atoms with van der Waals surface area (Å²) >= 11 is 0. The summed E-state index contributed by atoms with van der Waals surface area (Å²) in [4.78, 5) is 35.2. The van der Waals surface area contributed by atoms with E-state index in [4.69, 9.17) is 14.5 Å². The number of amides is 2. The third kappa shape index (κ3) is 5.38. The Morgan fingerprint density at radius 1 is 1.17 bits per heavy atom. The van der Waals surface area contributed by atoms with Crippen molar-refractivity contribution in [3.05, 3.63) is 23.5 Å². The smallest absolute Gasteiger partial charge is 0.407 e. The van der Waals surface area contributed by atoms with Gasteiger partial charge in [-0.25, -0.2) is 14.2 Å². The molecule has 4 heterocycles. The molecule has 1 saturated carbocycles. The molecule has 10 nitrogen and oxygen atoms in total. The highest BCUT2D eigenvalue weighted by Crippen LogP contribution is 2.47. The molecule has 6 atom stereocenters. The lowest BCUT2D eigenvalue weighted by Crippen LogP contribution is -2.58. The number of alkyl carbamates (subject to hydrolysis) is 1. The number of piperidine rings is 1. The number of hydrogen-bond donors (Lipinski definition) is 2. The normalized spacial score (nSPS) is 30.2. The van der Waals surface area contributed by atoms with E-state index in [1.807, 2.05) is 7.05 Å². The Hall–Kier alpha value is -2.92. The average molecular weight is 571 g/mol. The van der Waals surface area contributed by atoms with Gasteiger partial charge in [0.1, 0.15) is 28.9 Å². The summed E-state index contributed by atoms with van der Waals surface area (Å²) in [7, 11) is 3.63. The molecule has 4 aliphatic rings. The minimum absolute atomic E-state index is 0.0336. The van der Waals surface area contributed by atoms with Crippen LogP contribution in [0, 0.1) is 5.92 Å². The van der Waals surface area contributed by atoms with Gasteiger partial charge in [0, 0.05) is 50.7 Å². The first-order chi connectivity index (χ1) is 19.5.